The van der Waals surface area contributed by atoms with E-state index in [-0.39, 0.29) is 35.9 Å². The van der Waals surface area contributed by atoms with Gasteiger partial charge < -0.3 is 29.9 Å². The Labute approximate surface area is 247 Å². The standard InChI is InChI=1S/C30H38N2O5.2ClH.H2O/c33-29(34)22-11-12-25-24(19-22)28-23(10-8-18-32-15-5-2-6-16-32)27(30(35)36)21(20-26(28)37-25)9-7-17-31-13-3-1-4-14-31;;;/h11-12,19-20H,1-10,13-18H2,(H,33,34)(H,35,36);2*1H;1H2. The number of furan rings is 1. The smallest absolute Gasteiger partial charge is 0.336 e. The third kappa shape index (κ3) is 7.68. The van der Waals surface area contributed by atoms with E-state index in [9.17, 15) is 19.8 Å². The highest BCUT2D eigenvalue weighted by atomic mass is 35.5. The molecule has 8 nitrogen and oxygen atoms in total. The lowest BCUT2D eigenvalue weighted by molar-refractivity contribution is 0.0684. The van der Waals surface area contributed by atoms with Crippen LogP contribution in [0.5, 0.6) is 0 Å². The zero-order chi connectivity index (χ0) is 25.8. The van der Waals surface area contributed by atoms with E-state index in [2.05, 4.69) is 9.80 Å². The van der Waals surface area contributed by atoms with Crippen molar-refractivity contribution in [2.45, 2.75) is 64.2 Å². The fourth-order valence-corrected chi connectivity index (χ4v) is 6.26. The predicted octanol–water partition coefficient (Wildman–Crippen LogP) is 5.84. The second-order valence-corrected chi connectivity index (χ2v) is 10.7. The Bertz CT molecular complexity index is 1280. The van der Waals surface area contributed by atoms with Crippen molar-refractivity contribution in [3.05, 3.63) is 46.5 Å². The highest BCUT2D eigenvalue weighted by Gasteiger charge is 2.24. The summed E-state index contributed by atoms with van der Waals surface area (Å²) in [5.74, 6) is -1.91. The van der Waals surface area contributed by atoms with Crippen LogP contribution in [0, 0.1) is 0 Å². The number of carboxylic acid groups (broad SMARTS) is 2. The first kappa shape index (κ1) is 33.8. The summed E-state index contributed by atoms with van der Waals surface area (Å²) in [6.45, 7) is 6.38. The van der Waals surface area contributed by atoms with E-state index in [1.807, 2.05) is 6.07 Å². The average Bonchev–Trinajstić information content (AvgIpc) is 3.27. The molecule has 0 radical (unpaired) electrons. The lowest BCUT2D eigenvalue weighted by Gasteiger charge is -2.27. The van der Waals surface area contributed by atoms with Gasteiger partial charge in [-0.25, -0.2) is 9.59 Å². The molecule has 5 rings (SSSR count). The molecule has 0 unspecified atom stereocenters. The predicted molar refractivity (Wildman–Crippen MR) is 163 cm³/mol. The van der Waals surface area contributed by atoms with E-state index in [1.54, 1.807) is 18.2 Å². The van der Waals surface area contributed by atoms with Crippen molar-refractivity contribution >= 4 is 58.7 Å². The molecule has 1 aromatic heterocycles. The van der Waals surface area contributed by atoms with Crippen LogP contribution < -0.4 is 0 Å². The van der Waals surface area contributed by atoms with Crippen LogP contribution in [0.15, 0.2) is 28.7 Å². The number of nitrogens with zero attached hydrogens (tertiary/aromatic N) is 2. The molecule has 2 aliphatic heterocycles. The maximum Gasteiger partial charge on any atom is 0.336 e. The highest BCUT2D eigenvalue weighted by molar-refractivity contribution is 6.12. The highest BCUT2D eigenvalue weighted by Crippen LogP contribution is 2.37. The van der Waals surface area contributed by atoms with Gasteiger partial charge in [0.15, 0.2) is 0 Å². The number of benzene rings is 2. The summed E-state index contributed by atoms with van der Waals surface area (Å²) in [5.41, 5.74) is 3.42. The van der Waals surface area contributed by atoms with Crippen LogP contribution in [0.25, 0.3) is 21.9 Å². The molecule has 40 heavy (non-hydrogen) atoms. The summed E-state index contributed by atoms with van der Waals surface area (Å²) in [7, 11) is 0. The molecule has 222 valence electrons. The van der Waals surface area contributed by atoms with Crippen LogP contribution in [-0.4, -0.2) is 76.7 Å². The van der Waals surface area contributed by atoms with Gasteiger partial charge in [-0.05, 0) is 126 Å². The normalized spacial score (nSPS) is 16.2. The number of halogens is 2. The van der Waals surface area contributed by atoms with Crippen molar-refractivity contribution < 1.29 is 29.7 Å². The van der Waals surface area contributed by atoms with Crippen molar-refractivity contribution in [2.24, 2.45) is 0 Å². The first-order valence-corrected chi connectivity index (χ1v) is 13.9. The molecule has 0 bridgehead atoms. The monoisotopic (exact) mass is 596 g/mol. The number of rotatable bonds is 10. The second kappa shape index (κ2) is 15.6. The van der Waals surface area contributed by atoms with Crippen LogP contribution >= 0.6 is 24.8 Å². The largest absolute Gasteiger partial charge is 0.478 e. The molecule has 10 heteroatoms. The minimum absolute atomic E-state index is 0. The summed E-state index contributed by atoms with van der Waals surface area (Å²) in [6.07, 6.45) is 10.6. The summed E-state index contributed by atoms with van der Waals surface area (Å²) in [5, 5.41) is 21.4. The fourth-order valence-electron chi connectivity index (χ4n) is 6.26. The molecule has 2 aromatic carbocycles. The Morgan fingerprint density at radius 3 is 1.88 bits per heavy atom. The zero-order valence-electron chi connectivity index (χ0n) is 23.0. The molecular formula is C30H42Cl2N2O6. The minimum atomic E-state index is -1.00. The van der Waals surface area contributed by atoms with Gasteiger partial charge in [0, 0.05) is 10.8 Å². The van der Waals surface area contributed by atoms with Crippen LogP contribution in [0.2, 0.25) is 0 Å². The number of hydrogen-bond acceptors (Lipinski definition) is 5. The first-order valence-electron chi connectivity index (χ1n) is 13.9. The Kier molecular flexibility index (Phi) is 13.2. The number of fused-ring (bicyclic) bond motifs is 3. The van der Waals surface area contributed by atoms with Gasteiger partial charge in [0.2, 0.25) is 0 Å². The number of likely N-dealkylation sites (tertiary alicyclic amines) is 2. The van der Waals surface area contributed by atoms with Gasteiger partial charge in [-0.3, -0.25) is 0 Å². The molecular weight excluding hydrogens is 555 g/mol. The van der Waals surface area contributed by atoms with Crippen molar-refractivity contribution in [2.75, 3.05) is 39.3 Å². The quantitative estimate of drug-likeness (QED) is 0.301. The summed E-state index contributed by atoms with van der Waals surface area (Å²) in [6, 6.07) is 6.75. The van der Waals surface area contributed by atoms with Crippen LogP contribution in [-0.2, 0) is 12.8 Å². The number of carboxylic acids is 2. The van der Waals surface area contributed by atoms with Gasteiger partial charge in [-0.1, -0.05) is 12.8 Å². The molecule has 0 aliphatic carbocycles. The van der Waals surface area contributed by atoms with Crippen molar-refractivity contribution in [1.29, 1.82) is 0 Å². The van der Waals surface area contributed by atoms with Crippen molar-refractivity contribution in [3.63, 3.8) is 0 Å². The minimum Gasteiger partial charge on any atom is -0.478 e. The molecule has 2 fully saturated rings. The van der Waals surface area contributed by atoms with E-state index < -0.39 is 11.9 Å². The van der Waals surface area contributed by atoms with E-state index in [0.29, 0.717) is 35.0 Å². The summed E-state index contributed by atoms with van der Waals surface area (Å²) < 4.78 is 6.19. The number of piperidine rings is 2. The van der Waals surface area contributed by atoms with Gasteiger partial charge in [0.1, 0.15) is 11.2 Å². The van der Waals surface area contributed by atoms with Crippen LogP contribution in [0.4, 0.5) is 0 Å². The SMILES string of the molecule is Cl.Cl.O.O=C(O)c1ccc2oc3cc(CCCN4CCCCC4)c(C(=O)O)c(CCCN4CCCCC4)c3c2c1. The molecule has 2 saturated heterocycles. The van der Waals surface area contributed by atoms with E-state index in [0.717, 1.165) is 68.6 Å². The number of carbonyl (C=O) groups is 2. The van der Waals surface area contributed by atoms with Gasteiger partial charge in [0.05, 0.1) is 11.1 Å². The fraction of sp³-hybridized carbons (Fsp3) is 0.533. The topological polar surface area (TPSA) is 126 Å². The van der Waals surface area contributed by atoms with Crippen molar-refractivity contribution in [1.82, 2.24) is 9.80 Å². The van der Waals surface area contributed by atoms with Gasteiger partial charge >= 0.3 is 11.9 Å². The molecule has 3 aromatic rings. The Hall–Kier alpha value is -2.36. The van der Waals surface area contributed by atoms with Crippen molar-refractivity contribution in [3.8, 4) is 0 Å². The Morgan fingerprint density at radius 1 is 0.750 bits per heavy atom. The Balaban J connectivity index is 0.00000187. The van der Waals surface area contributed by atoms with Crippen LogP contribution in [0.3, 0.4) is 0 Å². The maximum absolute atomic E-state index is 12.7. The molecule has 0 amide bonds. The summed E-state index contributed by atoms with van der Waals surface area (Å²) >= 11 is 0. The third-order valence-electron chi connectivity index (χ3n) is 8.12. The number of aromatic carboxylic acids is 2. The molecule has 0 saturated carbocycles. The van der Waals surface area contributed by atoms with Gasteiger partial charge in [-0.15, -0.1) is 24.8 Å². The molecule has 2 aliphatic rings. The molecule has 4 N–H and O–H groups in total. The average molecular weight is 598 g/mol. The summed E-state index contributed by atoms with van der Waals surface area (Å²) in [4.78, 5) is 29.3. The number of aryl methyl sites for hydroxylation is 2. The third-order valence-corrected chi connectivity index (χ3v) is 8.12. The maximum atomic E-state index is 12.7. The Morgan fingerprint density at radius 2 is 1.32 bits per heavy atom. The number of hydrogen-bond donors (Lipinski definition) is 2. The van der Waals surface area contributed by atoms with Gasteiger partial charge in [-0.2, -0.15) is 0 Å². The van der Waals surface area contributed by atoms with E-state index in [1.165, 1.54) is 38.5 Å². The first-order chi connectivity index (χ1) is 18.0. The lowest BCUT2D eigenvalue weighted by atomic mass is 9.90. The molecule has 3 heterocycles. The second-order valence-electron chi connectivity index (χ2n) is 10.7. The lowest BCUT2D eigenvalue weighted by Crippen LogP contribution is -2.31. The molecule has 0 atom stereocenters. The van der Waals surface area contributed by atoms with E-state index in [4.69, 9.17) is 4.42 Å². The van der Waals surface area contributed by atoms with Gasteiger partial charge in [0.25, 0.3) is 0 Å². The molecule has 0 spiro atoms. The zero-order valence-corrected chi connectivity index (χ0v) is 24.6. The van der Waals surface area contributed by atoms with Crippen LogP contribution in [0.1, 0.15) is 83.2 Å². The van der Waals surface area contributed by atoms with E-state index >= 15 is 0 Å².